The molecular formula is C19H21N3O3S. The molecule has 0 fully saturated rings. The lowest BCUT2D eigenvalue weighted by atomic mass is 10.2. The molecule has 1 heterocycles. The number of benzene rings is 2. The number of likely N-dealkylation sites (N-methyl/N-ethyl adjacent to an activating group) is 1. The van der Waals surface area contributed by atoms with Crippen LogP contribution in [0.15, 0.2) is 70.1 Å². The molecule has 26 heavy (non-hydrogen) atoms. The Hall–Kier alpha value is -2.48. The fourth-order valence-corrected chi connectivity index (χ4v) is 3.43. The summed E-state index contributed by atoms with van der Waals surface area (Å²) in [6.07, 6.45) is 1.66. The van der Waals surface area contributed by atoms with Gasteiger partial charge in [0, 0.05) is 24.2 Å². The smallest absolute Gasteiger partial charge is 0.240 e. The van der Waals surface area contributed by atoms with Crippen molar-refractivity contribution in [2.24, 2.45) is 0 Å². The van der Waals surface area contributed by atoms with Gasteiger partial charge in [-0.05, 0) is 38.4 Å². The number of nitrogens with zero attached hydrogens (tertiary/aromatic N) is 2. The lowest BCUT2D eigenvalue weighted by molar-refractivity contribution is 0.412. The monoisotopic (exact) mass is 371 g/mol. The SMILES string of the molecule is CN(C)CCNS(=O)(=O)c1ccc(-c2ncc(-c3ccccc3)o2)cc1. The second-order valence-electron chi connectivity index (χ2n) is 6.12. The molecule has 136 valence electrons. The van der Waals surface area contributed by atoms with Gasteiger partial charge < -0.3 is 9.32 Å². The van der Waals surface area contributed by atoms with E-state index in [4.69, 9.17) is 4.42 Å². The summed E-state index contributed by atoms with van der Waals surface area (Å²) in [6.45, 7) is 0.993. The Morgan fingerprint density at radius 1 is 1.00 bits per heavy atom. The molecule has 0 atom stereocenters. The summed E-state index contributed by atoms with van der Waals surface area (Å²) in [7, 11) is 0.264. The van der Waals surface area contributed by atoms with E-state index in [9.17, 15) is 8.42 Å². The molecule has 3 rings (SSSR count). The lowest BCUT2D eigenvalue weighted by Gasteiger charge is -2.11. The molecule has 0 unspecified atom stereocenters. The van der Waals surface area contributed by atoms with Crippen molar-refractivity contribution < 1.29 is 12.8 Å². The third-order valence-corrected chi connectivity index (χ3v) is 5.30. The lowest BCUT2D eigenvalue weighted by Crippen LogP contribution is -2.31. The van der Waals surface area contributed by atoms with Gasteiger partial charge >= 0.3 is 0 Å². The first kappa shape index (κ1) is 18.3. The summed E-state index contributed by atoms with van der Waals surface area (Å²) in [5.41, 5.74) is 1.66. The van der Waals surface area contributed by atoms with Gasteiger partial charge in [-0.3, -0.25) is 0 Å². The first-order valence-corrected chi connectivity index (χ1v) is 9.70. The van der Waals surface area contributed by atoms with Crippen molar-refractivity contribution in [1.29, 1.82) is 0 Å². The van der Waals surface area contributed by atoms with Crippen molar-refractivity contribution >= 4 is 10.0 Å². The molecule has 3 aromatic rings. The maximum Gasteiger partial charge on any atom is 0.240 e. The van der Waals surface area contributed by atoms with Crippen LogP contribution in [0.25, 0.3) is 22.8 Å². The number of rotatable bonds is 7. The number of hydrogen-bond acceptors (Lipinski definition) is 5. The summed E-state index contributed by atoms with van der Waals surface area (Å²) in [6, 6.07) is 16.2. The summed E-state index contributed by atoms with van der Waals surface area (Å²) >= 11 is 0. The van der Waals surface area contributed by atoms with Crippen LogP contribution in [0.2, 0.25) is 0 Å². The Bertz CT molecular complexity index is 949. The normalized spacial score (nSPS) is 11.8. The number of aromatic nitrogens is 1. The van der Waals surface area contributed by atoms with Gasteiger partial charge in [0.2, 0.25) is 15.9 Å². The van der Waals surface area contributed by atoms with Crippen molar-refractivity contribution in [2.45, 2.75) is 4.90 Å². The van der Waals surface area contributed by atoms with Gasteiger partial charge in [0.15, 0.2) is 5.76 Å². The highest BCUT2D eigenvalue weighted by Gasteiger charge is 2.15. The van der Waals surface area contributed by atoms with Crippen LogP contribution in [0, 0.1) is 0 Å². The molecule has 0 saturated heterocycles. The largest absolute Gasteiger partial charge is 0.436 e. The minimum atomic E-state index is -3.52. The van der Waals surface area contributed by atoms with Crippen molar-refractivity contribution in [3.05, 3.63) is 60.8 Å². The minimum absolute atomic E-state index is 0.217. The quantitative estimate of drug-likeness (QED) is 0.691. The second kappa shape index (κ2) is 7.82. The van der Waals surface area contributed by atoms with Crippen LogP contribution in [-0.2, 0) is 10.0 Å². The van der Waals surface area contributed by atoms with Crippen LogP contribution < -0.4 is 4.72 Å². The third-order valence-electron chi connectivity index (χ3n) is 3.83. The van der Waals surface area contributed by atoms with E-state index < -0.39 is 10.0 Å². The summed E-state index contributed by atoms with van der Waals surface area (Å²) < 4.78 is 32.9. The predicted octanol–water partition coefficient (Wildman–Crippen LogP) is 2.85. The van der Waals surface area contributed by atoms with Crippen molar-refractivity contribution in [2.75, 3.05) is 27.2 Å². The Morgan fingerprint density at radius 2 is 1.69 bits per heavy atom. The number of hydrogen-bond donors (Lipinski definition) is 1. The summed E-state index contributed by atoms with van der Waals surface area (Å²) in [5, 5.41) is 0. The van der Waals surface area contributed by atoms with E-state index in [1.54, 1.807) is 30.5 Å². The Balaban J connectivity index is 1.75. The Labute approximate surface area is 153 Å². The van der Waals surface area contributed by atoms with Gasteiger partial charge in [-0.15, -0.1) is 0 Å². The van der Waals surface area contributed by atoms with E-state index in [0.29, 0.717) is 24.7 Å². The van der Waals surface area contributed by atoms with E-state index >= 15 is 0 Å². The first-order chi connectivity index (χ1) is 12.5. The maximum atomic E-state index is 12.3. The van der Waals surface area contributed by atoms with Crippen LogP contribution in [0.1, 0.15) is 0 Å². The zero-order chi connectivity index (χ0) is 18.6. The molecule has 1 N–H and O–H groups in total. The zero-order valence-electron chi connectivity index (χ0n) is 14.7. The topological polar surface area (TPSA) is 75.4 Å². The molecule has 0 aliphatic carbocycles. The molecule has 7 heteroatoms. The third kappa shape index (κ3) is 4.37. The van der Waals surface area contributed by atoms with Gasteiger partial charge in [-0.25, -0.2) is 18.1 Å². The van der Waals surface area contributed by atoms with Crippen molar-refractivity contribution in [1.82, 2.24) is 14.6 Å². The van der Waals surface area contributed by atoms with Gasteiger partial charge in [-0.2, -0.15) is 0 Å². The van der Waals surface area contributed by atoms with Crippen molar-refractivity contribution in [3.63, 3.8) is 0 Å². The Kier molecular flexibility index (Phi) is 5.51. The van der Waals surface area contributed by atoms with E-state index in [1.165, 1.54) is 0 Å². The zero-order valence-corrected chi connectivity index (χ0v) is 15.5. The standard InChI is InChI=1S/C19H21N3O3S/c1-22(2)13-12-21-26(23,24)17-10-8-16(9-11-17)19-20-14-18(25-19)15-6-4-3-5-7-15/h3-11,14,21H,12-13H2,1-2H3. The van der Waals surface area contributed by atoms with Gasteiger partial charge in [0.25, 0.3) is 0 Å². The van der Waals surface area contributed by atoms with E-state index in [-0.39, 0.29) is 4.90 Å². The molecule has 0 aliphatic rings. The molecule has 2 aromatic carbocycles. The Morgan fingerprint density at radius 3 is 2.35 bits per heavy atom. The molecule has 0 bridgehead atoms. The average molecular weight is 371 g/mol. The van der Waals surface area contributed by atoms with Crippen LogP contribution in [0.4, 0.5) is 0 Å². The van der Waals surface area contributed by atoms with Gasteiger partial charge in [-0.1, -0.05) is 30.3 Å². The van der Waals surface area contributed by atoms with E-state index in [0.717, 1.165) is 11.1 Å². The molecule has 6 nitrogen and oxygen atoms in total. The fourth-order valence-electron chi connectivity index (χ4n) is 2.41. The van der Waals surface area contributed by atoms with E-state index in [2.05, 4.69) is 9.71 Å². The number of oxazole rings is 1. The van der Waals surface area contributed by atoms with E-state index in [1.807, 2.05) is 49.3 Å². The second-order valence-corrected chi connectivity index (χ2v) is 7.89. The van der Waals surface area contributed by atoms with Gasteiger partial charge in [0.05, 0.1) is 11.1 Å². The highest BCUT2D eigenvalue weighted by molar-refractivity contribution is 7.89. The number of nitrogens with one attached hydrogen (secondary N) is 1. The molecule has 1 aromatic heterocycles. The fraction of sp³-hybridized carbons (Fsp3) is 0.211. The maximum absolute atomic E-state index is 12.3. The predicted molar refractivity (Wildman–Crippen MR) is 101 cm³/mol. The first-order valence-electron chi connectivity index (χ1n) is 8.22. The number of sulfonamides is 1. The molecular weight excluding hydrogens is 350 g/mol. The molecule has 0 spiro atoms. The van der Waals surface area contributed by atoms with Crippen LogP contribution in [-0.4, -0.2) is 45.5 Å². The van der Waals surface area contributed by atoms with Gasteiger partial charge in [0.1, 0.15) is 0 Å². The van der Waals surface area contributed by atoms with Crippen LogP contribution in [0.3, 0.4) is 0 Å². The molecule has 0 amide bonds. The summed E-state index contributed by atoms with van der Waals surface area (Å²) in [4.78, 5) is 6.42. The highest BCUT2D eigenvalue weighted by Crippen LogP contribution is 2.26. The van der Waals surface area contributed by atoms with Crippen LogP contribution >= 0.6 is 0 Å². The average Bonchev–Trinajstić information content (AvgIpc) is 3.12. The van der Waals surface area contributed by atoms with Crippen molar-refractivity contribution in [3.8, 4) is 22.8 Å². The molecule has 0 radical (unpaired) electrons. The van der Waals surface area contributed by atoms with Crippen LogP contribution in [0.5, 0.6) is 0 Å². The summed E-state index contributed by atoms with van der Waals surface area (Å²) in [5.74, 6) is 1.12. The molecule has 0 aliphatic heterocycles. The highest BCUT2D eigenvalue weighted by atomic mass is 32.2. The molecule has 0 saturated carbocycles. The minimum Gasteiger partial charge on any atom is -0.436 e.